The molecule has 3 N–H and O–H groups in total. The van der Waals surface area contributed by atoms with Crippen molar-refractivity contribution in [2.45, 2.75) is 341 Å². The molecule has 0 spiro atoms. The minimum atomic E-state index is -5.00. The third kappa shape index (κ3) is 73.8. The number of phosphoric acid groups is 2. The van der Waals surface area contributed by atoms with Crippen molar-refractivity contribution in [2.75, 3.05) is 39.6 Å². The third-order valence-corrected chi connectivity index (χ3v) is 18.3. The average molecular weight is 1470 g/mol. The van der Waals surface area contributed by atoms with Crippen LogP contribution in [0.3, 0.4) is 0 Å². The number of aliphatic hydroxyl groups is 1. The number of esters is 4. The molecular weight excluding hydrogens is 1330 g/mol. The van der Waals surface area contributed by atoms with Crippen molar-refractivity contribution in [1.82, 2.24) is 0 Å². The number of rotatable bonds is 74. The molecule has 19 heteroatoms. The van der Waals surface area contributed by atoms with Gasteiger partial charge in [-0.25, -0.2) is 9.13 Å². The lowest BCUT2D eigenvalue weighted by atomic mass is 10.1. The Morgan fingerprint density at radius 3 is 0.882 bits per heavy atom. The number of hydrogen-bond acceptors (Lipinski definition) is 15. The van der Waals surface area contributed by atoms with Crippen LogP contribution in [-0.2, 0) is 65.4 Å². The van der Waals surface area contributed by atoms with E-state index in [0.29, 0.717) is 32.1 Å². The van der Waals surface area contributed by atoms with Gasteiger partial charge in [-0.05, 0) is 148 Å². The predicted octanol–water partition coefficient (Wildman–Crippen LogP) is 23.1. The second-order valence-corrected chi connectivity index (χ2v) is 29.2. The fourth-order valence-corrected chi connectivity index (χ4v) is 11.9. The first-order chi connectivity index (χ1) is 49.7. The number of phosphoric ester groups is 2. The molecule has 586 valence electrons. The Bertz CT molecular complexity index is 2410. The first kappa shape index (κ1) is 97.5. The lowest BCUT2D eigenvalue weighted by Gasteiger charge is -2.21. The lowest BCUT2D eigenvalue weighted by Crippen LogP contribution is -2.30. The molecule has 0 heterocycles. The molecule has 0 aromatic heterocycles. The fourth-order valence-electron chi connectivity index (χ4n) is 10.3. The Morgan fingerprint density at radius 1 is 0.284 bits per heavy atom. The minimum absolute atomic E-state index is 0.0309. The summed E-state index contributed by atoms with van der Waals surface area (Å²) < 4.78 is 68.5. The molecule has 0 aliphatic heterocycles. The van der Waals surface area contributed by atoms with Gasteiger partial charge in [-0.3, -0.25) is 37.3 Å². The summed E-state index contributed by atoms with van der Waals surface area (Å²) in [5.41, 5.74) is 0. The van der Waals surface area contributed by atoms with E-state index in [0.717, 1.165) is 154 Å². The SMILES string of the molecule is CCC=CCC=CCC=CCC=CCC=CCC=CCCC(=O)OC[C@H](COP(=O)(O)OCC(O)COP(=O)(O)OC[C@@H](COC(=O)CCCCCCCC=CCCCCCCCC)OC(=O)CCCCCCCC=CCCCCCC)OC(=O)CCCCCCCC=CCC=CCCCCC. The van der Waals surface area contributed by atoms with Crippen LogP contribution in [0.25, 0.3) is 0 Å². The second kappa shape index (κ2) is 74.7. The largest absolute Gasteiger partial charge is 0.472 e. The fraction of sp³-hybridized carbons (Fsp3) is 0.711. The van der Waals surface area contributed by atoms with E-state index in [-0.39, 0.29) is 25.7 Å². The van der Waals surface area contributed by atoms with Gasteiger partial charge in [0.15, 0.2) is 12.2 Å². The summed E-state index contributed by atoms with van der Waals surface area (Å²) >= 11 is 0. The van der Waals surface area contributed by atoms with Crippen molar-refractivity contribution in [3.8, 4) is 0 Å². The molecule has 17 nitrogen and oxygen atoms in total. The first-order valence-electron chi connectivity index (χ1n) is 39.8. The number of allylic oxidation sites excluding steroid dienone is 20. The zero-order valence-electron chi connectivity index (χ0n) is 64.0. The van der Waals surface area contributed by atoms with Crippen LogP contribution < -0.4 is 0 Å². The molecule has 0 fully saturated rings. The van der Waals surface area contributed by atoms with Gasteiger partial charge in [-0.15, -0.1) is 0 Å². The topological polar surface area (TPSA) is 237 Å². The van der Waals surface area contributed by atoms with Crippen LogP contribution >= 0.6 is 15.6 Å². The highest BCUT2D eigenvalue weighted by molar-refractivity contribution is 7.47. The highest BCUT2D eigenvalue weighted by Gasteiger charge is 2.30. The number of hydrogen-bond donors (Lipinski definition) is 3. The van der Waals surface area contributed by atoms with E-state index in [1.54, 1.807) is 0 Å². The molecule has 0 aromatic carbocycles. The molecule has 0 saturated carbocycles. The molecule has 102 heavy (non-hydrogen) atoms. The summed E-state index contributed by atoms with van der Waals surface area (Å²) in [6.45, 7) is 4.61. The Labute approximate surface area is 619 Å². The van der Waals surface area contributed by atoms with Gasteiger partial charge in [0.2, 0.25) is 0 Å². The molecule has 0 amide bonds. The van der Waals surface area contributed by atoms with E-state index in [9.17, 15) is 43.2 Å². The smallest absolute Gasteiger partial charge is 0.462 e. The molecular formula is C83H142O17P2. The average Bonchev–Trinajstić information content (AvgIpc) is 0.924. The van der Waals surface area contributed by atoms with Gasteiger partial charge < -0.3 is 33.8 Å². The quantitative estimate of drug-likeness (QED) is 0.0169. The Hall–Kier alpha value is -4.54. The normalized spacial score (nSPS) is 14.5. The second-order valence-electron chi connectivity index (χ2n) is 26.3. The van der Waals surface area contributed by atoms with Crippen LogP contribution in [-0.4, -0.2) is 96.7 Å². The lowest BCUT2D eigenvalue weighted by molar-refractivity contribution is -0.161. The van der Waals surface area contributed by atoms with Crippen LogP contribution in [0.5, 0.6) is 0 Å². The van der Waals surface area contributed by atoms with Crippen LogP contribution in [0, 0.1) is 0 Å². The van der Waals surface area contributed by atoms with Gasteiger partial charge in [0.25, 0.3) is 0 Å². The predicted molar refractivity (Wildman–Crippen MR) is 418 cm³/mol. The van der Waals surface area contributed by atoms with E-state index in [2.05, 4.69) is 131 Å². The van der Waals surface area contributed by atoms with E-state index < -0.39 is 97.5 Å². The van der Waals surface area contributed by atoms with Gasteiger partial charge >= 0.3 is 39.5 Å². The van der Waals surface area contributed by atoms with E-state index in [4.69, 9.17) is 37.0 Å². The Morgan fingerprint density at radius 2 is 0.529 bits per heavy atom. The summed E-state index contributed by atoms with van der Waals surface area (Å²) in [4.78, 5) is 72.9. The van der Waals surface area contributed by atoms with Crippen LogP contribution in [0.1, 0.15) is 323 Å². The van der Waals surface area contributed by atoms with E-state index in [1.807, 2.05) is 18.2 Å². The van der Waals surface area contributed by atoms with Crippen LogP contribution in [0.4, 0.5) is 0 Å². The Kier molecular flexibility index (Phi) is 71.4. The molecule has 3 unspecified atom stereocenters. The number of aliphatic hydroxyl groups excluding tert-OH is 1. The molecule has 0 radical (unpaired) electrons. The minimum Gasteiger partial charge on any atom is -0.462 e. The number of carbonyl (C=O) groups is 4. The maximum absolute atomic E-state index is 13.1. The summed E-state index contributed by atoms with van der Waals surface area (Å²) in [5.74, 6) is -2.30. The van der Waals surface area contributed by atoms with Crippen LogP contribution in [0.15, 0.2) is 122 Å². The molecule has 0 aliphatic carbocycles. The zero-order chi connectivity index (χ0) is 74.6. The molecule has 0 aliphatic rings. The molecule has 0 aromatic rings. The van der Waals surface area contributed by atoms with Crippen molar-refractivity contribution in [1.29, 1.82) is 0 Å². The van der Waals surface area contributed by atoms with Crippen molar-refractivity contribution in [2.24, 2.45) is 0 Å². The summed E-state index contributed by atoms with van der Waals surface area (Å²) in [6.07, 6.45) is 81.9. The maximum Gasteiger partial charge on any atom is 0.472 e. The highest BCUT2D eigenvalue weighted by atomic mass is 31.2. The highest BCUT2D eigenvalue weighted by Crippen LogP contribution is 2.45. The van der Waals surface area contributed by atoms with Gasteiger partial charge in [0, 0.05) is 25.7 Å². The third-order valence-electron chi connectivity index (χ3n) is 16.4. The van der Waals surface area contributed by atoms with Crippen molar-refractivity contribution >= 4 is 39.5 Å². The summed E-state index contributed by atoms with van der Waals surface area (Å²) in [5, 5.41) is 10.6. The van der Waals surface area contributed by atoms with E-state index in [1.165, 1.54) is 83.5 Å². The zero-order valence-corrected chi connectivity index (χ0v) is 65.8. The van der Waals surface area contributed by atoms with Crippen molar-refractivity contribution in [3.05, 3.63) is 122 Å². The van der Waals surface area contributed by atoms with E-state index >= 15 is 0 Å². The number of carbonyl (C=O) groups excluding carboxylic acids is 4. The first-order valence-corrected chi connectivity index (χ1v) is 42.8. The molecule has 0 bridgehead atoms. The summed E-state index contributed by atoms with van der Waals surface area (Å²) in [6, 6.07) is 0. The van der Waals surface area contributed by atoms with Gasteiger partial charge in [0.1, 0.15) is 19.3 Å². The monoisotopic (exact) mass is 1470 g/mol. The number of unbranched alkanes of at least 4 members (excludes halogenated alkanes) is 28. The molecule has 0 saturated heterocycles. The van der Waals surface area contributed by atoms with Crippen molar-refractivity contribution < 1.29 is 80.2 Å². The molecule has 5 atom stereocenters. The molecule has 0 rings (SSSR count). The summed E-state index contributed by atoms with van der Waals surface area (Å²) in [7, 11) is -9.98. The maximum atomic E-state index is 13.1. The van der Waals surface area contributed by atoms with Crippen molar-refractivity contribution in [3.63, 3.8) is 0 Å². The van der Waals surface area contributed by atoms with Gasteiger partial charge in [0.05, 0.1) is 26.4 Å². The Balaban J connectivity index is 5.43. The van der Waals surface area contributed by atoms with Crippen LogP contribution in [0.2, 0.25) is 0 Å². The van der Waals surface area contributed by atoms with Gasteiger partial charge in [-0.2, -0.15) is 0 Å². The standard InChI is InChI=1S/C83H142O17P2/c1-5-9-13-17-21-25-29-33-36-37-38-39-42-45-48-52-56-60-64-68-81(86)94-74-79(100-83(88)70-66-62-58-54-50-46-41-35-31-27-23-19-15-11-7-3)76-98-102(91,92)96-72-77(84)71-95-101(89,90)97-75-78(99-82(87)69-65-61-57-53-49-43-32-28-24-20-16-12-8-4)73-93-80(85)67-63-59-55-51-47-44-40-34-30-26-22-18-14-10-6-2/h9,13,21,23,25,27-28,32-36,38-41,45,48,56,60,77-79,84H,5-8,10-12,14-20,22,24,26,29-31,37,42-44,46-47,49-55,57-59,61-76H2,1-4H3,(H,89,90)(H,91,92)/t77?,78-,79-/m1/s1. The van der Waals surface area contributed by atoms with Gasteiger partial charge in [-0.1, -0.05) is 271 Å². The number of ether oxygens (including phenoxy) is 4.